The van der Waals surface area contributed by atoms with Crippen LogP contribution in [-0.2, 0) is 52.3 Å². The minimum Gasteiger partial charge on any atom is -0.496 e. The van der Waals surface area contributed by atoms with Crippen LogP contribution in [0.15, 0.2) is 48.6 Å². The lowest BCUT2D eigenvalue weighted by Gasteiger charge is -2.63. The third-order valence-corrected chi connectivity index (χ3v) is 17.1. The number of esters is 3. The van der Waals surface area contributed by atoms with E-state index in [-0.39, 0.29) is 17.9 Å². The van der Waals surface area contributed by atoms with Crippen molar-refractivity contribution in [2.75, 3.05) is 59.5 Å². The Morgan fingerprint density at radius 2 is 1.74 bits per heavy atom. The van der Waals surface area contributed by atoms with Gasteiger partial charge < -0.3 is 33.9 Å². The van der Waals surface area contributed by atoms with Crippen molar-refractivity contribution in [2.45, 2.75) is 119 Å². The summed E-state index contributed by atoms with van der Waals surface area (Å²) in [5.74, 6) is -0.773. The number of hydrogen-bond acceptors (Lipinski definition) is 11. The zero-order valence-electron chi connectivity index (χ0n) is 36.6. The van der Waals surface area contributed by atoms with Gasteiger partial charge in [0, 0.05) is 90.3 Å². The van der Waals surface area contributed by atoms with Gasteiger partial charge in [0.05, 0.1) is 27.4 Å². The fourth-order valence-electron chi connectivity index (χ4n) is 14.9. The van der Waals surface area contributed by atoms with E-state index in [1.807, 2.05) is 24.9 Å². The maximum atomic E-state index is 15.5. The number of methoxy groups -OCH3 is 3. The molecule has 5 aliphatic heterocycles. The van der Waals surface area contributed by atoms with Crippen molar-refractivity contribution in [3.05, 3.63) is 70.9 Å². The first kappa shape index (κ1) is 40.7. The SMILES string of the molecule is CC[C@]12C=CCN3CC[C@@]4(c5cc([C@@]6(C(=O)OC)Cc7[nH]c8ccccc8c7CCCN7C[C@@H]6C[C@H]6CCCC[C@H]67)c(OC)cc5N(C)[C@H]4[C@@](O)(C(=O)OC)[C@@H]1OC(C)=O)[C@@H]32. The number of nitrogens with zero attached hydrogens (tertiary/aromatic N) is 3. The number of likely N-dealkylation sites (N-methyl/N-ethyl adjacent to an activating group) is 1. The molecule has 7 aliphatic rings. The Kier molecular flexibility index (Phi) is 9.73. The average Bonchev–Trinajstić information content (AvgIpc) is 3.92. The first-order valence-corrected chi connectivity index (χ1v) is 22.7. The standard InChI is InChI=1S/C49H62N4O8/c1-7-46-19-13-22-52-23-20-47(41(46)52)34-25-35(40(58-4)26-39(34)51(3)42(47)49(57,45(56)60-6)43(46)61-29(2)54)48(44(55)59-5)27-37-33(32-15-9-10-17-36(32)50-37)16-12-21-53-28-31(48)24-30-14-8-11-18-38(30)53/h9-10,13,15,17,19,25-26,30-31,38,41-43,50,57H,7-8,11-12,14,16,18,20-24,27-28H2,1-6H3/t30-,31+,38-,41+,42-,43-,46-,47-,48-,49+/m1/s1. The lowest BCUT2D eigenvalue weighted by Crippen LogP contribution is -2.81. The summed E-state index contributed by atoms with van der Waals surface area (Å²) in [4.78, 5) is 54.0. The average molecular weight is 835 g/mol. The molecule has 0 amide bonds. The molecule has 326 valence electrons. The number of para-hydroxylation sites is 1. The predicted octanol–water partition coefficient (Wildman–Crippen LogP) is 5.60. The van der Waals surface area contributed by atoms with Crippen LogP contribution in [0, 0.1) is 17.3 Å². The van der Waals surface area contributed by atoms with E-state index >= 15 is 4.79 Å². The molecule has 2 N–H and O–H groups in total. The number of aryl methyl sites for hydroxylation is 1. The molecule has 6 heterocycles. The predicted molar refractivity (Wildman–Crippen MR) is 231 cm³/mol. The van der Waals surface area contributed by atoms with E-state index in [1.54, 1.807) is 7.11 Å². The molecule has 3 aromatic rings. The van der Waals surface area contributed by atoms with Gasteiger partial charge >= 0.3 is 17.9 Å². The molecular weight excluding hydrogens is 773 g/mol. The van der Waals surface area contributed by atoms with Gasteiger partial charge in [0.25, 0.3) is 0 Å². The minimum absolute atomic E-state index is 0.102. The molecule has 1 unspecified atom stereocenters. The zero-order valence-corrected chi connectivity index (χ0v) is 36.6. The van der Waals surface area contributed by atoms with E-state index < -0.39 is 45.9 Å². The summed E-state index contributed by atoms with van der Waals surface area (Å²) in [6.45, 7) is 6.49. The molecule has 4 fully saturated rings. The Morgan fingerprint density at radius 1 is 0.951 bits per heavy atom. The quantitative estimate of drug-likeness (QED) is 0.183. The van der Waals surface area contributed by atoms with Crippen molar-refractivity contribution in [1.82, 2.24) is 14.8 Å². The van der Waals surface area contributed by atoms with Gasteiger partial charge in [-0.05, 0) is 93.1 Å². The number of ether oxygens (including phenoxy) is 4. The lowest BCUT2D eigenvalue weighted by atomic mass is 9.47. The Hall–Kier alpha value is -4.39. The molecule has 61 heavy (non-hydrogen) atoms. The van der Waals surface area contributed by atoms with Crippen LogP contribution < -0.4 is 9.64 Å². The summed E-state index contributed by atoms with van der Waals surface area (Å²) in [5.41, 5.74) is 0.687. The molecule has 11 atom stereocenters. The first-order chi connectivity index (χ1) is 29.4. The highest BCUT2D eigenvalue weighted by Crippen LogP contribution is 2.68. The molecule has 2 bridgehead atoms. The molecular formula is C49H62N4O8. The third-order valence-electron chi connectivity index (χ3n) is 17.1. The van der Waals surface area contributed by atoms with E-state index in [0.717, 1.165) is 66.8 Å². The van der Waals surface area contributed by atoms with Crippen LogP contribution in [0.3, 0.4) is 0 Å². The number of anilines is 1. The van der Waals surface area contributed by atoms with Gasteiger partial charge in [0.2, 0.25) is 5.60 Å². The fourth-order valence-corrected chi connectivity index (χ4v) is 14.9. The number of carbonyl (C=O) groups excluding carboxylic acids is 3. The van der Waals surface area contributed by atoms with Gasteiger partial charge in [0.1, 0.15) is 11.2 Å². The smallest absolute Gasteiger partial charge is 0.344 e. The molecule has 2 aliphatic carbocycles. The second kappa shape index (κ2) is 14.6. The minimum atomic E-state index is -2.26. The van der Waals surface area contributed by atoms with Gasteiger partial charge in [-0.15, -0.1) is 0 Å². The molecule has 1 spiro atoms. The van der Waals surface area contributed by atoms with Crippen LogP contribution in [0.2, 0.25) is 0 Å². The maximum absolute atomic E-state index is 15.5. The van der Waals surface area contributed by atoms with Crippen LogP contribution in [0.4, 0.5) is 5.69 Å². The molecule has 2 saturated heterocycles. The third kappa shape index (κ3) is 5.36. The number of rotatable bonds is 6. The highest BCUT2D eigenvalue weighted by Gasteiger charge is 2.80. The van der Waals surface area contributed by atoms with Gasteiger partial charge in [-0.25, -0.2) is 4.79 Å². The summed E-state index contributed by atoms with van der Waals surface area (Å²) in [6, 6.07) is 12.1. The summed E-state index contributed by atoms with van der Waals surface area (Å²) in [7, 11) is 6.38. The Morgan fingerprint density at radius 3 is 2.49 bits per heavy atom. The number of fused-ring (bicyclic) bond motifs is 8. The summed E-state index contributed by atoms with van der Waals surface area (Å²) >= 11 is 0. The molecule has 10 rings (SSSR count). The van der Waals surface area contributed by atoms with Crippen molar-refractivity contribution in [3.63, 3.8) is 0 Å². The highest BCUT2D eigenvalue weighted by atomic mass is 16.6. The van der Waals surface area contributed by atoms with Gasteiger partial charge in [0.15, 0.2) is 6.10 Å². The molecule has 12 nitrogen and oxygen atoms in total. The Labute approximate surface area is 358 Å². The number of aromatic nitrogens is 1. The van der Waals surface area contributed by atoms with Crippen molar-refractivity contribution in [1.29, 1.82) is 0 Å². The fraction of sp³-hybridized carbons (Fsp3) is 0.612. The largest absolute Gasteiger partial charge is 0.496 e. The van der Waals surface area contributed by atoms with E-state index in [2.05, 4.69) is 57.3 Å². The van der Waals surface area contributed by atoms with Crippen LogP contribution in [0.1, 0.15) is 87.6 Å². The number of H-pyrrole nitrogens is 1. The normalized spacial score (nSPS) is 37.4. The number of aromatic amines is 1. The van der Waals surface area contributed by atoms with Crippen LogP contribution in [-0.4, -0.2) is 122 Å². The number of hydrogen-bond donors (Lipinski definition) is 2. The number of piperidine rings is 1. The number of nitrogens with one attached hydrogen (secondary N) is 1. The Bertz CT molecular complexity index is 2310. The van der Waals surface area contributed by atoms with Crippen LogP contribution in [0.25, 0.3) is 10.9 Å². The van der Waals surface area contributed by atoms with E-state index in [0.29, 0.717) is 50.1 Å². The second-order valence-corrected chi connectivity index (χ2v) is 19.4. The van der Waals surface area contributed by atoms with Crippen LogP contribution >= 0.6 is 0 Å². The molecule has 2 saturated carbocycles. The monoisotopic (exact) mass is 834 g/mol. The van der Waals surface area contributed by atoms with Crippen molar-refractivity contribution < 1.29 is 38.4 Å². The molecule has 0 radical (unpaired) electrons. The zero-order chi connectivity index (χ0) is 42.6. The van der Waals surface area contributed by atoms with Crippen molar-refractivity contribution in [3.8, 4) is 5.75 Å². The van der Waals surface area contributed by atoms with Gasteiger partial charge in [-0.2, -0.15) is 0 Å². The van der Waals surface area contributed by atoms with Crippen molar-refractivity contribution in [2.24, 2.45) is 17.3 Å². The maximum Gasteiger partial charge on any atom is 0.344 e. The number of benzene rings is 2. The van der Waals surface area contributed by atoms with E-state index in [9.17, 15) is 14.7 Å². The van der Waals surface area contributed by atoms with Gasteiger partial charge in [-0.3, -0.25) is 19.4 Å². The lowest BCUT2D eigenvalue weighted by molar-refractivity contribution is -0.228. The summed E-state index contributed by atoms with van der Waals surface area (Å²) in [6.07, 6.45) is 12.0. The number of aliphatic hydroxyl groups is 1. The summed E-state index contributed by atoms with van der Waals surface area (Å²) < 4.78 is 24.3. The van der Waals surface area contributed by atoms with E-state index in [4.69, 9.17) is 18.9 Å². The highest BCUT2D eigenvalue weighted by molar-refractivity contribution is 5.90. The summed E-state index contributed by atoms with van der Waals surface area (Å²) in [5, 5.41) is 14.6. The van der Waals surface area contributed by atoms with Crippen LogP contribution in [0.5, 0.6) is 5.75 Å². The second-order valence-electron chi connectivity index (χ2n) is 19.4. The van der Waals surface area contributed by atoms with Gasteiger partial charge in [-0.1, -0.05) is 50.1 Å². The van der Waals surface area contributed by atoms with E-state index in [1.165, 1.54) is 51.4 Å². The molecule has 1 aromatic heterocycles. The number of carbonyl (C=O) groups is 3. The first-order valence-electron chi connectivity index (χ1n) is 22.7. The molecule has 12 heteroatoms. The Balaban J connectivity index is 1.26. The molecule has 2 aromatic carbocycles. The van der Waals surface area contributed by atoms with Crippen molar-refractivity contribution >= 4 is 34.5 Å². The topological polar surface area (TPSA) is 134 Å².